The molecule has 2 aromatic rings. The Morgan fingerprint density at radius 2 is 2.15 bits per heavy atom. The Morgan fingerprint density at radius 1 is 1.35 bits per heavy atom. The van der Waals surface area contributed by atoms with E-state index in [1.54, 1.807) is 11.3 Å². The predicted octanol–water partition coefficient (Wildman–Crippen LogP) is 3.80. The number of hydrogen-bond acceptors (Lipinski definition) is 2. The van der Waals surface area contributed by atoms with Crippen molar-refractivity contribution in [2.24, 2.45) is 5.92 Å². The summed E-state index contributed by atoms with van der Waals surface area (Å²) in [7, 11) is 0. The van der Waals surface area contributed by atoms with Gasteiger partial charge in [0, 0.05) is 16.8 Å². The molecule has 1 aromatic heterocycles. The first-order valence-electron chi connectivity index (χ1n) is 7.15. The fourth-order valence-electron chi connectivity index (χ4n) is 2.74. The SMILES string of the molecule is C[C@H]1CCc2c(C(=O)NCc3ccccc3)csc2C1. The maximum Gasteiger partial charge on any atom is 0.252 e. The monoisotopic (exact) mass is 285 g/mol. The Kier molecular flexibility index (Phi) is 3.88. The lowest BCUT2D eigenvalue weighted by atomic mass is 9.88. The Balaban J connectivity index is 1.69. The van der Waals surface area contributed by atoms with E-state index in [2.05, 4.69) is 12.2 Å². The van der Waals surface area contributed by atoms with Crippen molar-refractivity contribution in [2.75, 3.05) is 0 Å². The predicted molar refractivity (Wildman–Crippen MR) is 83.1 cm³/mol. The average Bonchev–Trinajstić information content (AvgIpc) is 2.89. The van der Waals surface area contributed by atoms with Gasteiger partial charge in [0.2, 0.25) is 0 Å². The molecule has 1 heterocycles. The molecule has 104 valence electrons. The van der Waals surface area contributed by atoms with Crippen LogP contribution in [0.4, 0.5) is 0 Å². The largest absolute Gasteiger partial charge is 0.348 e. The van der Waals surface area contributed by atoms with Crippen molar-refractivity contribution in [1.82, 2.24) is 5.32 Å². The van der Waals surface area contributed by atoms with Crippen molar-refractivity contribution in [2.45, 2.75) is 32.7 Å². The summed E-state index contributed by atoms with van der Waals surface area (Å²) in [6.07, 6.45) is 3.38. The summed E-state index contributed by atoms with van der Waals surface area (Å²) in [4.78, 5) is 13.7. The number of fused-ring (bicyclic) bond motifs is 1. The summed E-state index contributed by atoms with van der Waals surface area (Å²) in [6.45, 7) is 2.89. The molecule has 1 aliphatic carbocycles. The van der Waals surface area contributed by atoms with Crippen LogP contribution >= 0.6 is 11.3 Å². The molecule has 1 aliphatic rings. The summed E-state index contributed by atoms with van der Waals surface area (Å²) < 4.78 is 0. The first-order valence-corrected chi connectivity index (χ1v) is 8.03. The zero-order valence-corrected chi connectivity index (χ0v) is 12.5. The van der Waals surface area contributed by atoms with Gasteiger partial charge in [0.15, 0.2) is 0 Å². The lowest BCUT2D eigenvalue weighted by molar-refractivity contribution is 0.0950. The van der Waals surface area contributed by atoms with Gasteiger partial charge in [-0.2, -0.15) is 0 Å². The Morgan fingerprint density at radius 3 is 2.95 bits per heavy atom. The highest BCUT2D eigenvalue weighted by Gasteiger charge is 2.22. The van der Waals surface area contributed by atoms with Crippen LogP contribution in [0.5, 0.6) is 0 Å². The molecule has 0 spiro atoms. The highest BCUT2D eigenvalue weighted by atomic mass is 32.1. The molecule has 1 atom stereocenters. The highest BCUT2D eigenvalue weighted by Crippen LogP contribution is 2.32. The molecule has 2 nitrogen and oxygen atoms in total. The van der Waals surface area contributed by atoms with E-state index in [0.717, 1.165) is 29.9 Å². The molecule has 0 bridgehead atoms. The van der Waals surface area contributed by atoms with Crippen LogP contribution in [0.2, 0.25) is 0 Å². The average molecular weight is 285 g/mol. The Labute approximate surface area is 123 Å². The second kappa shape index (κ2) is 5.80. The fourth-order valence-corrected chi connectivity index (χ4v) is 3.99. The first kappa shape index (κ1) is 13.4. The second-order valence-corrected chi connectivity index (χ2v) is 6.53. The minimum Gasteiger partial charge on any atom is -0.348 e. The van der Waals surface area contributed by atoms with Crippen LogP contribution < -0.4 is 5.32 Å². The quantitative estimate of drug-likeness (QED) is 0.913. The number of amides is 1. The van der Waals surface area contributed by atoms with Crippen molar-refractivity contribution in [3.05, 3.63) is 57.3 Å². The molecular weight excluding hydrogens is 266 g/mol. The normalized spacial score (nSPS) is 17.6. The molecule has 0 saturated carbocycles. The van der Waals surface area contributed by atoms with E-state index >= 15 is 0 Å². The highest BCUT2D eigenvalue weighted by molar-refractivity contribution is 7.10. The van der Waals surface area contributed by atoms with Gasteiger partial charge in [0.05, 0.1) is 5.56 Å². The van der Waals surface area contributed by atoms with E-state index in [1.165, 1.54) is 16.9 Å². The second-order valence-electron chi connectivity index (χ2n) is 5.57. The third-order valence-electron chi connectivity index (χ3n) is 3.94. The number of thiophene rings is 1. The van der Waals surface area contributed by atoms with Crippen LogP contribution in [0.3, 0.4) is 0 Å². The third kappa shape index (κ3) is 2.78. The lowest BCUT2D eigenvalue weighted by Crippen LogP contribution is -2.24. The van der Waals surface area contributed by atoms with E-state index in [-0.39, 0.29) is 5.91 Å². The molecule has 1 N–H and O–H groups in total. The van der Waals surface area contributed by atoms with Gasteiger partial charge in [0.1, 0.15) is 0 Å². The molecule has 0 saturated heterocycles. The first-order chi connectivity index (χ1) is 9.74. The number of benzene rings is 1. The lowest BCUT2D eigenvalue weighted by Gasteiger charge is -2.18. The van der Waals surface area contributed by atoms with E-state index in [9.17, 15) is 4.79 Å². The standard InChI is InChI=1S/C17H19NOS/c1-12-7-8-14-15(11-20-16(14)9-12)17(19)18-10-13-5-3-2-4-6-13/h2-6,11-12H,7-10H2,1H3,(H,18,19)/t12-/m0/s1. The molecule has 0 unspecified atom stereocenters. The number of rotatable bonds is 3. The number of hydrogen-bond donors (Lipinski definition) is 1. The molecule has 0 aliphatic heterocycles. The maximum atomic E-state index is 12.3. The van der Waals surface area contributed by atoms with Crippen molar-refractivity contribution < 1.29 is 4.79 Å². The Hall–Kier alpha value is -1.61. The summed E-state index contributed by atoms with van der Waals surface area (Å²) >= 11 is 1.74. The minimum atomic E-state index is 0.0703. The van der Waals surface area contributed by atoms with E-state index in [4.69, 9.17) is 0 Å². The molecule has 1 amide bonds. The van der Waals surface area contributed by atoms with Crippen molar-refractivity contribution in [1.29, 1.82) is 0 Å². The van der Waals surface area contributed by atoms with E-state index < -0.39 is 0 Å². The van der Waals surface area contributed by atoms with Gasteiger partial charge in [-0.3, -0.25) is 4.79 Å². The summed E-state index contributed by atoms with van der Waals surface area (Å²) in [6, 6.07) is 10.0. The molecule has 0 radical (unpaired) electrons. The number of carbonyl (C=O) groups excluding carboxylic acids is 1. The zero-order chi connectivity index (χ0) is 13.9. The molecule has 0 fully saturated rings. The number of nitrogens with one attached hydrogen (secondary N) is 1. The van der Waals surface area contributed by atoms with Gasteiger partial charge in [-0.25, -0.2) is 0 Å². The fraction of sp³-hybridized carbons (Fsp3) is 0.353. The van der Waals surface area contributed by atoms with Gasteiger partial charge in [-0.05, 0) is 36.3 Å². The number of carbonyl (C=O) groups is 1. The van der Waals surface area contributed by atoms with Gasteiger partial charge in [0.25, 0.3) is 5.91 Å². The molecular formula is C17H19NOS. The zero-order valence-electron chi connectivity index (χ0n) is 11.7. The van der Waals surface area contributed by atoms with Crippen LogP contribution in [0.1, 0.15) is 39.7 Å². The molecule has 3 heteroatoms. The molecule has 20 heavy (non-hydrogen) atoms. The van der Waals surface area contributed by atoms with Crippen LogP contribution in [0.15, 0.2) is 35.7 Å². The van der Waals surface area contributed by atoms with Crippen molar-refractivity contribution in [3.63, 3.8) is 0 Å². The summed E-state index contributed by atoms with van der Waals surface area (Å²) in [5.74, 6) is 0.822. The van der Waals surface area contributed by atoms with Crippen LogP contribution in [-0.2, 0) is 19.4 Å². The topological polar surface area (TPSA) is 29.1 Å². The summed E-state index contributed by atoms with van der Waals surface area (Å²) in [5, 5.41) is 5.06. The minimum absolute atomic E-state index is 0.0703. The van der Waals surface area contributed by atoms with Crippen molar-refractivity contribution >= 4 is 17.2 Å². The van der Waals surface area contributed by atoms with Gasteiger partial charge in [-0.15, -0.1) is 11.3 Å². The van der Waals surface area contributed by atoms with Gasteiger partial charge < -0.3 is 5.32 Å². The van der Waals surface area contributed by atoms with Crippen LogP contribution in [0.25, 0.3) is 0 Å². The molecule has 3 rings (SSSR count). The van der Waals surface area contributed by atoms with E-state index in [1.807, 2.05) is 35.7 Å². The van der Waals surface area contributed by atoms with Crippen LogP contribution in [-0.4, -0.2) is 5.91 Å². The smallest absolute Gasteiger partial charge is 0.252 e. The maximum absolute atomic E-state index is 12.3. The van der Waals surface area contributed by atoms with Crippen LogP contribution in [0, 0.1) is 5.92 Å². The third-order valence-corrected chi connectivity index (χ3v) is 4.99. The van der Waals surface area contributed by atoms with E-state index in [0.29, 0.717) is 6.54 Å². The van der Waals surface area contributed by atoms with Gasteiger partial charge >= 0.3 is 0 Å². The van der Waals surface area contributed by atoms with Crippen molar-refractivity contribution in [3.8, 4) is 0 Å². The molecule has 1 aromatic carbocycles. The van der Waals surface area contributed by atoms with Gasteiger partial charge in [-0.1, -0.05) is 37.3 Å². The summed E-state index contributed by atoms with van der Waals surface area (Å²) in [5.41, 5.74) is 3.32. The Bertz CT molecular complexity index is 603.